The molecule has 0 heterocycles. The Morgan fingerprint density at radius 1 is 1.32 bits per heavy atom. The molecule has 0 spiro atoms. The molecule has 5 atom stereocenters. The highest BCUT2D eigenvalue weighted by atomic mass is 16.3. The largest absolute Gasteiger partial charge is 0.299 e. The summed E-state index contributed by atoms with van der Waals surface area (Å²) in [7, 11) is 0. The van der Waals surface area contributed by atoms with Crippen molar-refractivity contribution in [3.63, 3.8) is 0 Å². The SMILES string of the molecule is CC[C@H]1C[C@]2(C)C(=O)CCC2C2CCc3c(ccc(C#N)c3N=O)C21. The Balaban J connectivity index is 1.84. The van der Waals surface area contributed by atoms with Gasteiger partial charge in [0.2, 0.25) is 0 Å². The number of nitriles is 1. The summed E-state index contributed by atoms with van der Waals surface area (Å²) in [6.07, 6.45) is 5.53. The van der Waals surface area contributed by atoms with Crippen molar-refractivity contribution in [2.45, 2.75) is 58.3 Å². The van der Waals surface area contributed by atoms with E-state index >= 15 is 0 Å². The van der Waals surface area contributed by atoms with Crippen LogP contribution in [0.25, 0.3) is 0 Å². The third kappa shape index (κ3) is 2.14. The van der Waals surface area contributed by atoms with Crippen LogP contribution in [0.2, 0.25) is 0 Å². The number of hydrogen-bond donors (Lipinski definition) is 0. The van der Waals surface area contributed by atoms with Gasteiger partial charge in [0.1, 0.15) is 17.5 Å². The van der Waals surface area contributed by atoms with Crippen molar-refractivity contribution < 1.29 is 4.79 Å². The van der Waals surface area contributed by atoms with E-state index in [-0.39, 0.29) is 5.41 Å². The van der Waals surface area contributed by atoms with Crippen LogP contribution in [-0.4, -0.2) is 5.78 Å². The van der Waals surface area contributed by atoms with E-state index in [2.05, 4.69) is 31.2 Å². The minimum atomic E-state index is -0.155. The number of carbonyl (C=O) groups is 1. The molecule has 0 aromatic heterocycles. The Morgan fingerprint density at radius 2 is 2.12 bits per heavy atom. The zero-order valence-corrected chi connectivity index (χ0v) is 14.9. The monoisotopic (exact) mass is 336 g/mol. The number of ketones is 1. The normalized spacial score (nSPS) is 36.1. The van der Waals surface area contributed by atoms with Crippen LogP contribution in [-0.2, 0) is 11.2 Å². The van der Waals surface area contributed by atoms with Gasteiger partial charge in [-0.1, -0.05) is 26.3 Å². The highest BCUT2D eigenvalue weighted by molar-refractivity contribution is 5.87. The maximum Gasteiger partial charge on any atom is 0.139 e. The fourth-order valence-corrected chi connectivity index (χ4v) is 6.32. The first kappa shape index (κ1) is 16.4. The molecule has 130 valence electrons. The summed E-state index contributed by atoms with van der Waals surface area (Å²) in [5, 5.41) is 12.5. The number of fused-ring (bicyclic) bond motifs is 5. The fraction of sp³-hybridized carbons (Fsp3) is 0.619. The van der Waals surface area contributed by atoms with E-state index in [1.165, 1.54) is 5.56 Å². The summed E-state index contributed by atoms with van der Waals surface area (Å²) >= 11 is 0. The molecule has 0 saturated heterocycles. The lowest BCUT2D eigenvalue weighted by molar-refractivity contribution is -0.131. The van der Waals surface area contributed by atoms with Crippen molar-refractivity contribution >= 4 is 11.5 Å². The van der Waals surface area contributed by atoms with Gasteiger partial charge >= 0.3 is 0 Å². The third-order valence-electron chi connectivity index (χ3n) is 7.45. The Hall–Kier alpha value is -2.02. The Bertz CT molecular complexity index is 794. The second kappa shape index (κ2) is 5.76. The number of benzene rings is 1. The van der Waals surface area contributed by atoms with E-state index in [9.17, 15) is 15.0 Å². The van der Waals surface area contributed by atoms with Gasteiger partial charge in [0.15, 0.2) is 0 Å². The summed E-state index contributed by atoms with van der Waals surface area (Å²) in [5.41, 5.74) is 2.79. The molecule has 0 radical (unpaired) electrons. The second-order valence-electron chi connectivity index (χ2n) is 8.32. The molecule has 4 rings (SSSR count). The molecule has 0 bridgehead atoms. The number of Topliss-reactive ketones (excluding diaryl/α,β-unsaturated/α-hetero) is 1. The minimum Gasteiger partial charge on any atom is -0.299 e. The van der Waals surface area contributed by atoms with Gasteiger partial charge in [-0.3, -0.25) is 4.79 Å². The van der Waals surface area contributed by atoms with Gasteiger partial charge in [-0.25, -0.2) is 0 Å². The molecule has 4 nitrogen and oxygen atoms in total. The topological polar surface area (TPSA) is 70.3 Å². The molecule has 0 N–H and O–H groups in total. The van der Waals surface area contributed by atoms with Crippen LogP contribution in [0.4, 0.5) is 5.69 Å². The molecule has 2 saturated carbocycles. The van der Waals surface area contributed by atoms with Gasteiger partial charge in [-0.05, 0) is 71.7 Å². The van der Waals surface area contributed by atoms with E-state index in [1.54, 1.807) is 6.07 Å². The third-order valence-corrected chi connectivity index (χ3v) is 7.45. The van der Waals surface area contributed by atoms with Crippen LogP contribution in [0.3, 0.4) is 0 Å². The van der Waals surface area contributed by atoms with Crippen LogP contribution in [0.1, 0.15) is 68.6 Å². The zero-order valence-electron chi connectivity index (χ0n) is 14.9. The molecule has 0 amide bonds. The minimum absolute atomic E-state index is 0.155. The van der Waals surface area contributed by atoms with E-state index in [0.717, 1.165) is 44.1 Å². The van der Waals surface area contributed by atoms with Gasteiger partial charge < -0.3 is 0 Å². The van der Waals surface area contributed by atoms with E-state index in [1.807, 2.05) is 0 Å². The highest BCUT2D eigenvalue weighted by Gasteiger charge is 2.57. The maximum atomic E-state index is 12.6. The van der Waals surface area contributed by atoms with Gasteiger partial charge in [0, 0.05) is 11.8 Å². The summed E-state index contributed by atoms with van der Waals surface area (Å²) in [5.74, 6) is 2.28. The molecule has 1 aromatic rings. The lowest BCUT2D eigenvalue weighted by Gasteiger charge is -2.52. The summed E-state index contributed by atoms with van der Waals surface area (Å²) in [4.78, 5) is 24.0. The number of rotatable bonds is 2. The highest BCUT2D eigenvalue weighted by Crippen LogP contribution is 2.62. The summed E-state index contributed by atoms with van der Waals surface area (Å²) in [6.45, 7) is 4.40. The molecule has 1 aromatic carbocycles. The predicted octanol–water partition coefficient (Wildman–Crippen LogP) is 5.02. The first-order valence-corrected chi connectivity index (χ1v) is 9.47. The quantitative estimate of drug-likeness (QED) is 0.712. The molecular weight excluding hydrogens is 312 g/mol. The standard InChI is InChI=1S/C21H24N2O2/c1-3-12-10-21(2)17(8-9-18(21)24)16-7-6-15-14(19(12)16)5-4-13(11-22)20(15)23-25/h4-5,12,16-17,19H,3,6-10H2,1-2H3/t12-,16?,17?,19?,21-/m0/s1. The molecular formula is C21H24N2O2. The van der Waals surface area contributed by atoms with E-state index in [4.69, 9.17) is 0 Å². The lowest BCUT2D eigenvalue weighted by Crippen LogP contribution is -2.46. The molecule has 4 heteroatoms. The average Bonchev–Trinajstić information content (AvgIpc) is 2.94. The first-order valence-electron chi connectivity index (χ1n) is 9.47. The Kier molecular flexibility index (Phi) is 3.79. The van der Waals surface area contributed by atoms with Crippen LogP contribution in [0.15, 0.2) is 17.3 Å². The van der Waals surface area contributed by atoms with Crippen molar-refractivity contribution in [2.24, 2.45) is 28.3 Å². The Labute approximate surface area is 148 Å². The van der Waals surface area contributed by atoms with Crippen molar-refractivity contribution in [3.05, 3.63) is 33.7 Å². The number of nitrogens with zero attached hydrogens (tertiary/aromatic N) is 2. The van der Waals surface area contributed by atoms with Crippen molar-refractivity contribution in [1.29, 1.82) is 5.26 Å². The van der Waals surface area contributed by atoms with Crippen LogP contribution < -0.4 is 0 Å². The summed E-state index contributed by atoms with van der Waals surface area (Å²) in [6, 6.07) is 5.92. The number of carbonyl (C=O) groups excluding carboxylic acids is 1. The fourth-order valence-electron chi connectivity index (χ4n) is 6.32. The van der Waals surface area contributed by atoms with E-state index < -0.39 is 0 Å². The van der Waals surface area contributed by atoms with Crippen molar-refractivity contribution in [3.8, 4) is 6.07 Å². The molecule has 25 heavy (non-hydrogen) atoms. The molecule has 3 unspecified atom stereocenters. The predicted molar refractivity (Wildman–Crippen MR) is 95.4 cm³/mol. The number of hydrogen-bond acceptors (Lipinski definition) is 4. The molecule has 3 aliphatic carbocycles. The average molecular weight is 336 g/mol. The Morgan fingerprint density at radius 3 is 2.80 bits per heavy atom. The van der Waals surface area contributed by atoms with Crippen LogP contribution >= 0.6 is 0 Å². The van der Waals surface area contributed by atoms with Crippen LogP contribution in [0, 0.1) is 39.4 Å². The van der Waals surface area contributed by atoms with Crippen molar-refractivity contribution in [2.75, 3.05) is 0 Å². The maximum absolute atomic E-state index is 12.6. The van der Waals surface area contributed by atoms with Crippen molar-refractivity contribution in [1.82, 2.24) is 0 Å². The van der Waals surface area contributed by atoms with Gasteiger partial charge in [-0.2, -0.15) is 5.26 Å². The molecule has 0 aliphatic heterocycles. The van der Waals surface area contributed by atoms with Gasteiger partial charge in [0.25, 0.3) is 0 Å². The lowest BCUT2D eigenvalue weighted by atomic mass is 9.51. The smallest absolute Gasteiger partial charge is 0.139 e. The first-order chi connectivity index (χ1) is 12.0. The number of nitroso groups, excluding NO2 is 1. The molecule has 2 fully saturated rings. The van der Waals surface area contributed by atoms with Crippen LogP contribution in [0.5, 0.6) is 0 Å². The molecule has 3 aliphatic rings. The zero-order chi connectivity index (χ0) is 17.8. The summed E-state index contributed by atoms with van der Waals surface area (Å²) < 4.78 is 0. The second-order valence-corrected chi connectivity index (χ2v) is 8.32. The van der Waals surface area contributed by atoms with E-state index in [0.29, 0.717) is 40.7 Å². The van der Waals surface area contributed by atoms with Gasteiger partial charge in [0.05, 0.1) is 5.56 Å². The van der Waals surface area contributed by atoms with Gasteiger partial charge in [-0.15, -0.1) is 4.91 Å².